The lowest BCUT2D eigenvalue weighted by Crippen LogP contribution is -2.30. The van der Waals surface area contributed by atoms with Crippen molar-refractivity contribution in [2.75, 3.05) is 11.9 Å². The van der Waals surface area contributed by atoms with Crippen molar-refractivity contribution in [2.24, 2.45) is 0 Å². The molecule has 1 fully saturated rings. The highest BCUT2D eigenvalue weighted by molar-refractivity contribution is 5.87. The first-order valence-electron chi connectivity index (χ1n) is 14.2. The Morgan fingerprint density at radius 1 is 0.821 bits per heavy atom. The predicted molar refractivity (Wildman–Crippen MR) is 163 cm³/mol. The Morgan fingerprint density at radius 3 is 1.72 bits per heavy atom. The highest BCUT2D eigenvalue weighted by Crippen LogP contribution is 2.35. The van der Waals surface area contributed by atoms with Gasteiger partial charge < -0.3 is 10.1 Å². The molecule has 0 saturated carbocycles. The molecule has 1 aliphatic rings. The summed E-state index contributed by atoms with van der Waals surface area (Å²) in [5, 5.41) is 6.68. The number of hydrogen-bond acceptors (Lipinski definition) is 3. The first-order chi connectivity index (χ1) is 18.2. The van der Waals surface area contributed by atoms with Crippen LogP contribution in [0.15, 0.2) is 60.7 Å². The molecule has 3 aromatic carbocycles. The molecule has 0 aromatic heterocycles. The van der Waals surface area contributed by atoms with Crippen LogP contribution in [0.25, 0.3) is 0 Å². The average Bonchev–Trinajstić information content (AvgIpc) is 3.29. The number of anilines is 1. The van der Waals surface area contributed by atoms with Crippen LogP contribution in [0.2, 0.25) is 0 Å². The maximum absolute atomic E-state index is 12.9. The normalized spacial score (nSPS) is 17.9. The van der Waals surface area contributed by atoms with Gasteiger partial charge in [0.25, 0.3) is 0 Å². The summed E-state index contributed by atoms with van der Waals surface area (Å²) in [6.45, 7) is 20.2. The molecular weight excluding hydrogens is 480 g/mol. The van der Waals surface area contributed by atoms with Crippen molar-refractivity contribution in [3.05, 3.63) is 99.6 Å². The SMILES string of the molecule is Cc1cc(C)c(NC(=O)O[C@H]2CNC(C(c3ccc(C(C)(C)C)cc3)c3ccc(C(C)(C)C)cc3)C2)c(C)c1. The molecule has 4 heteroatoms. The maximum Gasteiger partial charge on any atom is 0.411 e. The van der Waals surface area contributed by atoms with Gasteiger partial charge in [-0.15, -0.1) is 0 Å². The van der Waals surface area contributed by atoms with Crippen LogP contribution in [0.3, 0.4) is 0 Å². The zero-order valence-corrected chi connectivity index (χ0v) is 25.2. The van der Waals surface area contributed by atoms with Crippen molar-refractivity contribution in [1.29, 1.82) is 0 Å². The number of benzene rings is 3. The third-order valence-electron chi connectivity index (χ3n) is 7.98. The summed E-state index contributed by atoms with van der Waals surface area (Å²) in [5.74, 6) is 0.159. The van der Waals surface area contributed by atoms with Crippen molar-refractivity contribution in [3.8, 4) is 0 Å². The number of aryl methyl sites for hydroxylation is 3. The van der Waals surface area contributed by atoms with Gasteiger partial charge in [0.2, 0.25) is 0 Å². The second-order valence-electron chi connectivity index (χ2n) is 13.4. The van der Waals surface area contributed by atoms with E-state index < -0.39 is 6.09 Å². The minimum atomic E-state index is -0.391. The molecule has 2 atom stereocenters. The minimum Gasteiger partial charge on any atom is -0.445 e. The zero-order chi connectivity index (χ0) is 28.5. The molecule has 1 unspecified atom stereocenters. The lowest BCUT2D eigenvalue weighted by Gasteiger charge is -2.27. The van der Waals surface area contributed by atoms with Gasteiger partial charge in [0, 0.05) is 30.6 Å². The van der Waals surface area contributed by atoms with Gasteiger partial charge in [-0.25, -0.2) is 4.79 Å². The lowest BCUT2D eigenvalue weighted by molar-refractivity contribution is 0.119. The fourth-order valence-electron chi connectivity index (χ4n) is 5.77. The van der Waals surface area contributed by atoms with Crippen LogP contribution in [0.1, 0.15) is 92.8 Å². The van der Waals surface area contributed by atoms with Crippen molar-refractivity contribution in [2.45, 2.75) is 97.6 Å². The van der Waals surface area contributed by atoms with E-state index in [1.165, 1.54) is 27.8 Å². The molecule has 1 heterocycles. The van der Waals surface area contributed by atoms with Crippen LogP contribution in [0.4, 0.5) is 10.5 Å². The standard InChI is InChI=1S/C35H46N2O2/c1-22-18-23(2)32(24(3)19-22)37-33(38)39-29-20-30(36-21-29)31(25-10-14-27(15-11-25)34(4,5)6)26-12-16-28(17-13-26)35(7,8)9/h10-19,29-31,36H,20-21H2,1-9H3,(H,37,38)/t29-,30?/m1/s1. The van der Waals surface area contributed by atoms with E-state index in [1.807, 2.05) is 13.8 Å². The summed E-state index contributed by atoms with van der Waals surface area (Å²) in [6.07, 6.45) is 0.177. The second-order valence-corrected chi connectivity index (χ2v) is 13.4. The molecular formula is C35H46N2O2. The van der Waals surface area contributed by atoms with E-state index in [4.69, 9.17) is 4.74 Å². The molecule has 4 nitrogen and oxygen atoms in total. The molecule has 0 spiro atoms. The summed E-state index contributed by atoms with van der Waals surface area (Å²) in [5.41, 5.74) is 9.53. The molecule has 0 aliphatic carbocycles. The minimum absolute atomic E-state index is 0.106. The van der Waals surface area contributed by atoms with Gasteiger partial charge in [-0.1, -0.05) is 108 Å². The van der Waals surface area contributed by atoms with E-state index in [-0.39, 0.29) is 28.9 Å². The molecule has 208 valence electrons. The Bertz CT molecular complexity index is 1210. The number of carbonyl (C=O) groups excluding carboxylic acids is 1. The van der Waals surface area contributed by atoms with Gasteiger partial charge in [0.15, 0.2) is 0 Å². The summed E-state index contributed by atoms with van der Waals surface area (Å²) < 4.78 is 5.92. The van der Waals surface area contributed by atoms with Crippen molar-refractivity contribution in [3.63, 3.8) is 0 Å². The Hall–Kier alpha value is -3.11. The van der Waals surface area contributed by atoms with Gasteiger partial charge in [0.05, 0.1) is 0 Å². The van der Waals surface area contributed by atoms with Gasteiger partial charge >= 0.3 is 6.09 Å². The Kier molecular flexibility index (Phi) is 8.28. The van der Waals surface area contributed by atoms with Crippen LogP contribution in [0.5, 0.6) is 0 Å². The highest BCUT2D eigenvalue weighted by atomic mass is 16.6. The van der Waals surface area contributed by atoms with Gasteiger partial charge in [-0.05, 0) is 65.0 Å². The highest BCUT2D eigenvalue weighted by Gasteiger charge is 2.35. The first kappa shape index (κ1) is 28.9. The van der Waals surface area contributed by atoms with E-state index in [1.54, 1.807) is 0 Å². The molecule has 1 amide bonds. The fraction of sp³-hybridized carbons (Fsp3) is 0.457. The summed E-state index contributed by atoms with van der Waals surface area (Å²) in [4.78, 5) is 12.9. The smallest absolute Gasteiger partial charge is 0.411 e. The van der Waals surface area contributed by atoms with Crippen molar-refractivity contribution >= 4 is 11.8 Å². The number of ether oxygens (including phenoxy) is 1. The third-order valence-corrected chi connectivity index (χ3v) is 7.98. The van der Waals surface area contributed by atoms with Crippen LogP contribution < -0.4 is 10.6 Å². The van der Waals surface area contributed by atoms with E-state index >= 15 is 0 Å². The average molecular weight is 527 g/mol. The summed E-state index contributed by atoms with van der Waals surface area (Å²) in [7, 11) is 0. The van der Waals surface area contributed by atoms with Crippen LogP contribution in [-0.2, 0) is 15.6 Å². The lowest BCUT2D eigenvalue weighted by atomic mass is 9.80. The molecule has 4 rings (SSSR count). The summed E-state index contributed by atoms with van der Waals surface area (Å²) in [6, 6.07) is 22.4. The van der Waals surface area contributed by atoms with Crippen molar-refractivity contribution < 1.29 is 9.53 Å². The van der Waals surface area contributed by atoms with E-state index in [2.05, 4.69) is 120 Å². The Labute approximate surface area is 235 Å². The van der Waals surface area contributed by atoms with E-state index in [9.17, 15) is 4.79 Å². The predicted octanol–water partition coefficient (Wildman–Crippen LogP) is 8.32. The van der Waals surface area contributed by atoms with Crippen LogP contribution in [0, 0.1) is 20.8 Å². The largest absolute Gasteiger partial charge is 0.445 e. The Balaban J connectivity index is 1.54. The van der Waals surface area contributed by atoms with Gasteiger partial charge in [-0.3, -0.25) is 5.32 Å². The van der Waals surface area contributed by atoms with Crippen LogP contribution >= 0.6 is 0 Å². The maximum atomic E-state index is 12.9. The quantitative estimate of drug-likeness (QED) is 0.351. The molecule has 3 aromatic rings. The molecule has 2 N–H and O–H groups in total. The van der Waals surface area contributed by atoms with Gasteiger partial charge in [0.1, 0.15) is 6.10 Å². The molecule has 0 radical (unpaired) electrons. The van der Waals surface area contributed by atoms with Crippen molar-refractivity contribution in [1.82, 2.24) is 5.32 Å². The molecule has 1 saturated heterocycles. The zero-order valence-electron chi connectivity index (χ0n) is 25.2. The second kappa shape index (κ2) is 11.2. The Morgan fingerprint density at radius 2 is 1.28 bits per heavy atom. The topological polar surface area (TPSA) is 50.4 Å². The molecule has 39 heavy (non-hydrogen) atoms. The number of amides is 1. The number of hydrogen-bond donors (Lipinski definition) is 2. The fourth-order valence-corrected chi connectivity index (χ4v) is 5.77. The first-order valence-corrected chi connectivity index (χ1v) is 14.2. The molecule has 1 aliphatic heterocycles. The number of rotatable bonds is 5. The third kappa shape index (κ3) is 6.91. The van der Waals surface area contributed by atoms with Crippen LogP contribution in [-0.4, -0.2) is 24.8 Å². The monoisotopic (exact) mass is 526 g/mol. The molecule has 0 bridgehead atoms. The number of nitrogens with one attached hydrogen (secondary N) is 2. The number of carbonyl (C=O) groups is 1. The van der Waals surface area contributed by atoms with E-state index in [0.29, 0.717) is 6.54 Å². The van der Waals surface area contributed by atoms with E-state index in [0.717, 1.165) is 23.2 Å². The summed E-state index contributed by atoms with van der Waals surface area (Å²) >= 11 is 0. The van der Waals surface area contributed by atoms with Gasteiger partial charge in [-0.2, -0.15) is 0 Å².